The average molecular weight is 767 g/mol. The smallest absolute Gasteiger partial charge is 0.492 e. The van der Waals surface area contributed by atoms with E-state index >= 15 is 0 Å². The van der Waals surface area contributed by atoms with Crippen molar-refractivity contribution in [3.63, 3.8) is 0 Å². The van der Waals surface area contributed by atoms with Gasteiger partial charge in [0.2, 0.25) is 0 Å². The highest BCUT2D eigenvalue weighted by molar-refractivity contribution is 6.04. The third-order valence-corrected chi connectivity index (χ3v) is 9.20. The minimum absolute atomic E-state index is 0.0596. The molecule has 0 amide bonds. The van der Waals surface area contributed by atoms with Gasteiger partial charge in [-0.3, -0.25) is 4.90 Å². The molecule has 2 aromatic heterocycles. The molecule has 1 saturated heterocycles. The number of carbonyl (C=O) groups excluding carboxylic acids is 2. The molecule has 0 bridgehead atoms. The number of aromatic nitrogens is 2. The fourth-order valence-corrected chi connectivity index (χ4v) is 6.65. The Labute approximate surface area is 309 Å². The molecule has 1 aliphatic rings. The number of piperazine rings is 1. The molecule has 0 saturated carbocycles. The Kier molecular flexibility index (Phi) is 10.1. The quantitative estimate of drug-likeness (QED) is 0.0862. The molecule has 3 heterocycles. The van der Waals surface area contributed by atoms with Crippen molar-refractivity contribution < 1.29 is 55.0 Å². The zero-order chi connectivity index (χ0) is 38.9. The van der Waals surface area contributed by atoms with Crippen LogP contribution in [0.2, 0.25) is 0 Å². The third kappa shape index (κ3) is 7.76. The van der Waals surface area contributed by atoms with Gasteiger partial charge in [-0.2, -0.15) is 31.1 Å². The molecule has 286 valence electrons. The SMILES string of the molecule is COc1c(OC(=O)C(F)(F)F)ccc2c1c(-c1ccc(OCc3ccccc3)cc1)c(CN1CCN(c3cccc4[nH]ccc34)CC1)n2OC(=O)C(F)(F)F. The summed E-state index contributed by atoms with van der Waals surface area (Å²) < 4.78 is 98.0. The van der Waals surface area contributed by atoms with E-state index < -0.39 is 35.8 Å². The zero-order valence-corrected chi connectivity index (χ0v) is 29.0. The molecule has 16 heteroatoms. The van der Waals surface area contributed by atoms with Crippen LogP contribution in [0.1, 0.15) is 11.3 Å². The number of aromatic amines is 1. The lowest BCUT2D eigenvalue weighted by Crippen LogP contribution is -2.46. The lowest BCUT2D eigenvalue weighted by Gasteiger charge is -2.36. The van der Waals surface area contributed by atoms with Crippen molar-refractivity contribution in [2.45, 2.75) is 25.5 Å². The number of rotatable bonds is 10. The summed E-state index contributed by atoms with van der Waals surface area (Å²) in [6, 6.07) is 25.7. The van der Waals surface area contributed by atoms with Gasteiger partial charge in [0, 0.05) is 61.1 Å². The van der Waals surface area contributed by atoms with E-state index in [9.17, 15) is 35.9 Å². The number of fused-ring (bicyclic) bond motifs is 2. The highest BCUT2D eigenvalue weighted by Gasteiger charge is 2.44. The maximum absolute atomic E-state index is 13.7. The van der Waals surface area contributed by atoms with E-state index in [0.29, 0.717) is 42.2 Å². The third-order valence-electron chi connectivity index (χ3n) is 9.20. The number of H-pyrrole nitrogens is 1. The molecule has 1 fully saturated rings. The molecule has 0 atom stereocenters. The fraction of sp³-hybridized carbons (Fsp3) is 0.231. The number of benzene rings is 4. The maximum atomic E-state index is 13.7. The van der Waals surface area contributed by atoms with Crippen LogP contribution in [0.5, 0.6) is 17.2 Å². The predicted molar refractivity (Wildman–Crippen MR) is 190 cm³/mol. The number of hydrogen-bond donors (Lipinski definition) is 1. The Morgan fingerprint density at radius 2 is 1.49 bits per heavy atom. The van der Waals surface area contributed by atoms with Gasteiger partial charge in [-0.15, -0.1) is 0 Å². The van der Waals surface area contributed by atoms with E-state index in [1.165, 1.54) is 0 Å². The summed E-state index contributed by atoms with van der Waals surface area (Å²) in [5.41, 5.74) is 3.31. The van der Waals surface area contributed by atoms with Crippen LogP contribution in [0.15, 0.2) is 97.2 Å². The first-order chi connectivity index (χ1) is 26.3. The van der Waals surface area contributed by atoms with Crippen molar-refractivity contribution in [3.8, 4) is 28.4 Å². The van der Waals surface area contributed by atoms with Gasteiger partial charge in [-0.25, -0.2) is 9.59 Å². The molecule has 1 aliphatic heterocycles. The van der Waals surface area contributed by atoms with Crippen molar-refractivity contribution in [1.29, 1.82) is 0 Å². The van der Waals surface area contributed by atoms with Gasteiger partial charge >= 0.3 is 24.3 Å². The molecule has 0 radical (unpaired) electrons. The average Bonchev–Trinajstić information content (AvgIpc) is 3.77. The molecule has 55 heavy (non-hydrogen) atoms. The van der Waals surface area contributed by atoms with Gasteiger partial charge in [0.15, 0.2) is 11.5 Å². The summed E-state index contributed by atoms with van der Waals surface area (Å²) in [5.74, 6) is -5.68. The van der Waals surface area contributed by atoms with Crippen molar-refractivity contribution >= 4 is 39.4 Å². The van der Waals surface area contributed by atoms with E-state index in [2.05, 4.69) is 14.6 Å². The van der Waals surface area contributed by atoms with E-state index in [1.807, 2.05) is 65.7 Å². The second kappa shape index (κ2) is 14.9. The lowest BCUT2D eigenvalue weighted by molar-refractivity contribution is -0.199. The summed E-state index contributed by atoms with van der Waals surface area (Å²) in [6.45, 7) is 2.13. The normalized spacial score (nSPS) is 14.0. The summed E-state index contributed by atoms with van der Waals surface area (Å²) in [7, 11) is 1.10. The van der Waals surface area contributed by atoms with Crippen molar-refractivity contribution in [1.82, 2.24) is 14.6 Å². The first kappa shape index (κ1) is 37.2. The van der Waals surface area contributed by atoms with E-state index in [-0.39, 0.29) is 35.3 Å². The Bertz CT molecular complexity index is 2330. The van der Waals surface area contributed by atoms with Crippen molar-refractivity contribution in [2.24, 2.45) is 0 Å². The molecule has 0 aliphatic carbocycles. The second-order valence-corrected chi connectivity index (χ2v) is 12.6. The first-order valence-electron chi connectivity index (χ1n) is 16.9. The zero-order valence-electron chi connectivity index (χ0n) is 29.0. The number of methoxy groups -OCH3 is 1. The van der Waals surface area contributed by atoms with Crippen LogP contribution in [0.4, 0.5) is 32.0 Å². The summed E-state index contributed by atoms with van der Waals surface area (Å²) in [5, 5.41) is 0.971. The Hall–Kier alpha value is -6.16. The van der Waals surface area contributed by atoms with Crippen LogP contribution >= 0.6 is 0 Å². The molecule has 1 N–H and O–H groups in total. The highest BCUT2D eigenvalue weighted by Crippen LogP contribution is 2.46. The summed E-state index contributed by atoms with van der Waals surface area (Å²) >= 11 is 0. The van der Waals surface area contributed by atoms with Gasteiger partial charge in [-0.1, -0.05) is 48.5 Å². The lowest BCUT2D eigenvalue weighted by atomic mass is 10.00. The number of halogens is 6. The van der Waals surface area contributed by atoms with E-state index in [1.54, 1.807) is 24.3 Å². The van der Waals surface area contributed by atoms with Gasteiger partial charge in [0.05, 0.1) is 23.7 Å². The van der Waals surface area contributed by atoms with Crippen LogP contribution in [0.25, 0.3) is 32.9 Å². The monoisotopic (exact) mass is 766 g/mol. The molecule has 0 unspecified atom stereocenters. The van der Waals surface area contributed by atoms with Crippen LogP contribution < -0.4 is 23.9 Å². The predicted octanol–water partition coefficient (Wildman–Crippen LogP) is 7.68. The minimum Gasteiger partial charge on any atom is -0.492 e. The highest BCUT2D eigenvalue weighted by atomic mass is 19.4. The van der Waals surface area contributed by atoms with Gasteiger partial charge in [0.1, 0.15) is 12.4 Å². The van der Waals surface area contributed by atoms with E-state index in [4.69, 9.17) is 14.3 Å². The number of esters is 1. The fourth-order valence-electron chi connectivity index (χ4n) is 6.65. The molecule has 6 aromatic rings. The Morgan fingerprint density at radius 3 is 2.16 bits per heavy atom. The van der Waals surface area contributed by atoms with Gasteiger partial charge in [-0.05, 0) is 53.6 Å². The maximum Gasteiger partial charge on any atom is 0.493 e. The molecule has 0 spiro atoms. The number of alkyl halides is 6. The summed E-state index contributed by atoms with van der Waals surface area (Å²) in [6.07, 6.45) is -8.92. The number of hydrogen-bond acceptors (Lipinski definition) is 8. The van der Waals surface area contributed by atoms with Crippen LogP contribution in [-0.2, 0) is 22.7 Å². The van der Waals surface area contributed by atoms with Crippen molar-refractivity contribution in [3.05, 3.63) is 108 Å². The van der Waals surface area contributed by atoms with Gasteiger partial charge < -0.3 is 28.9 Å². The van der Waals surface area contributed by atoms with Crippen LogP contribution in [-0.4, -0.2) is 72.2 Å². The minimum atomic E-state index is -5.40. The number of ether oxygens (including phenoxy) is 3. The number of nitrogens with one attached hydrogen (secondary N) is 1. The number of nitrogens with zero attached hydrogens (tertiary/aromatic N) is 3. The van der Waals surface area contributed by atoms with Crippen LogP contribution in [0.3, 0.4) is 0 Å². The molecular weight excluding hydrogens is 734 g/mol. The largest absolute Gasteiger partial charge is 0.493 e. The molecule has 10 nitrogen and oxygen atoms in total. The molecule has 4 aromatic carbocycles. The van der Waals surface area contributed by atoms with Gasteiger partial charge in [0.25, 0.3) is 0 Å². The van der Waals surface area contributed by atoms with Crippen LogP contribution in [0, 0.1) is 0 Å². The second-order valence-electron chi connectivity index (χ2n) is 12.6. The first-order valence-corrected chi connectivity index (χ1v) is 16.9. The van der Waals surface area contributed by atoms with E-state index in [0.717, 1.165) is 41.4 Å². The topological polar surface area (TPSA) is 98.3 Å². The molecular formula is C39H32F6N4O6. The standard InChI is InChI=1S/C39H32F6N4O6/c1-52-35-32(54-36(50)38(40,41)42)15-14-30-34(35)33(25-10-12-26(13-11-25)53-23-24-6-3-2-4-7-24)31(49(30)55-37(51)39(43,44)45)22-47-18-20-48(21-19-47)29-9-5-8-28-27(29)16-17-46-28/h2-17,46H,18-23H2,1H3. The van der Waals surface area contributed by atoms with Crippen molar-refractivity contribution in [2.75, 3.05) is 38.2 Å². The summed E-state index contributed by atoms with van der Waals surface area (Å²) in [4.78, 5) is 36.7. The Morgan fingerprint density at radius 1 is 0.782 bits per heavy atom. The number of anilines is 1. The number of carbonyl (C=O) groups is 2. The Balaban J connectivity index is 1.32. The molecule has 7 rings (SSSR count).